The van der Waals surface area contributed by atoms with Crippen LogP contribution in [-0.4, -0.2) is 101 Å². The van der Waals surface area contributed by atoms with E-state index in [1.165, 1.54) is 0 Å². The summed E-state index contributed by atoms with van der Waals surface area (Å²) >= 11 is 31.3. The first-order valence-corrected chi connectivity index (χ1v) is 9.56. The van der Waals surface area contributed by atoms with Crippen LogP contribution in [0.15, 0.2) is 0 Å². The molecule has 2 aliphatic heterocycles. The highest BCUT2D eigenvalue weighted by atomic mass is 35.5. The Balaban J connectivity index is -0.0000000296. The van der Waals surface area contributed by atoms with Crippen molar-refractivity contribution in [3.8, 4) is 0 Å². The molecule has 0 amide bonds. The van der Waals surface area contributed by atoms with Gasteiger partial charge in [-0.25, -0.2) is 0 Å². The lowest BCUT2D eigenvalue weighted by Crippen LogP contribution is -3.00. The Morgan fingerprint density at radius 1 is 0.893 bits per heavy atom. The fourth-order valence-electron chi connectivity index (χ4n) is 0.472. The van der Waals surface area contributed by atoms with Gasteiger partial charge in [-0.05, 0) is 0 Å². The van der Waals surface area contributed by atoms with E-state index in [1.807, 2.05) is 0 Å². The lowest BCUT2D eigenvalue weighted by molar-refractivity contribution is -0.00100. The third kappa shape index (κ3) is 56.5. The topological polar surface area (TPSA) is 178 Å². The first-order chi connectivity index (χ1) is 10.6. The average molecular weight is 584 g/mol. The Hall–Kier alpha value is 2.00. The van der Waals surface area contributed by atoms with Crippen LogP contribution < -0.4 is 24.8 Å². The Labute approximate surface area is 208 Å². The molecule has 0 aliphatic carbocycles. The van der Waals surface area contributed by atoms with E-state index < -0.39 is 0 Å². The molecule has 0 spiro atoms. The molecule has 2 fully saturated rings. The molecule has 16 heteroatoms. The predicted molar refractivity (Wildman–Crippen MR) is 107 cm³/mol. The van der Waals surface area contributed by atoms with Gasteiger partial charge in [-0.3, -0.25) is 0 Å². The lowest BCUT2D eigenvalue weighted by atomic mass is 10.5. The molecule has 2 heterocycles. The Bertz CT molecular complexity index is 200. The number of alkyl halides is 6. The number of aliphatic hydroxyl groups excluding tert-OH is 1. The minimum Gasteiger partial charge on any atom is -1.00 e. The van der Waals surface area contributed by atoms with Crippen LogP contribution in [0.5, 0.6) is 0 Å². The highest BCUT2D eigenvalue weighted by Gasteiger charge is 2.20. The summed E-state index contributed by atoms with van der Waals surface area (Å²) < 4.78 is 14.1. The van der Waals surface area contributed by atoms with E-state index in [4.69, 9.17) is 84.2 Å². The van der Waals surface area contributed by atoms with Gasteiger partial charge in [-0.2, -0.15) is 0 Å². The van der Waals surface area contributed by atoms with Crippen LogP contribution in [-0.2, 0) is 14.2 Å². The zero-order chi connectivity index (χ0) is 17.2. The Morgan fingerprint density at radius 3 is 1.29 bits per heavy atom. The Kier molecular flexibility index (Phi) is 80.0. The first-order valence-electron chi connectivity index (χ1n) is 6.45. The maximum atomic E-state index is 8.12. The average Bonchev–Trinajstić information content (AvgIpc) is 3.46. The van der Waals surface area contributed by atoms with Gasteiger partial charge in [0.25, 0.3) is 0 Å². The summed E-state index contributed by atoms with van der Waals surface area (Å²) in [6.45, 7) is 2.27. The van der Waals surface area contributed by atoms with Gasteiger partial charge in [0.2, 0.25) is 0 Å². The fourth-order valence-corrected chi connectivity index (χ4v) is 1.14. The molecule has 0 saturated carbocycles. The van der Waals surface area contributed by atoms with Gasteiger partial charge in [0.15, 0.2) is 0 Å². The summed E-state index contributed by atoms with van der Waals surface area (Å²) in [7, 11) is 0. The minimum atomic E-state index is -0.272. The number of rotatable bonds is 7. The summed E-state index contributed by atoms with van der Waals surface area (Å²) in [5.74, 6) is 2.17. The van der Waals surface area contributed by atoms with Crippen LogP contribution in [0.3, 0.4) is 0 Å². The maximum Gasteiger partial charge on any atom is 0.120 e. The van der Waals surface area contributed by atoms with Gasteiger partial charge in [0, 0.05) is 11.8 Å². The van der Waals surface area contributed by atoms with Crippen LogP contribution >= 0.6 is 69.6 Å². The molecular weight excluding hydrogens is 556 g/mol. The van der Waals surface area contributed by atoms with E-state index in [0.717, 1.165) is 13.2 Å². The van der Waals surface area contributed by atoms with Crippen molar-refractivity contribution in [3.63, 3.8) is 0 Å². The molecule has 0 aromatic carbocycles. The summed E-state index contributed by atoms with van der Waals surface area (Å²) in [5, 5.41) is 7.85. The van der Waals surface area contributed by atoms with Crippen molar-refractivity contribution in [2.24, 2.45) is 0 Å². The van der Waals surface area contributed by atoms with E-state index in [9.17, 15) is 0 Å². The van der Waals surface area contributed by atoms with Gasteiger partial charge < -0.3 is 66.0 Å². The maximum absolute atomic E-state index is 8.12. The largest absolute Gasteiger partial charge is 1.00 e. The smallest absolute Gasteiger partial charge is 0.120 e. The SMILES string of the molecule is ClCC1CO1.ClCC1CO1.ClCCOCCl.O.O.OCC(Cl)CCl.[Cl-].[Cl-].[OH-].[OH-]. The van der Waals surface area contributed by atoms with Crippen molar-refractivity contribution >= 4 is 69.6 Å². The third-order valence-electron chi connectivity index (χ3n) is 1.81. The van der Waals surface area contributed by atoms with E-state index in [1.54, 1.807) is 0 Å². The van der Waals surface area contributed by atoms with Crippen LogP contribution in [0.4, 0.5) is 0 Å². The van der Waals surface area contributed by atoms with E-state index in [-0.39, 0.29) is 64.8 Å². The molecule has 184 valence electrons. The molecule has 2 rings (SSSR count). The molecule has 2 aliphatic rings. The molecule has 7 N–H and O–H groups in total. The van der Waals surface area contributed by atoms with Crippen molar-refractivity contribution in [2.75, 3.05) is 56.0 Å². The molecule has 8 nitrogen and oxygen atoms in total. The van der Waals surface area contributed by atoms with Crippen molar-refractivity contribution in [1.29, 1.82) is 0 Å². The highest BCUT2D eigenvalue weighted by molar-refractivity contribution is 6.28. The van der Waals surface area contributed by atoms with Gasteiger partial charge in [0.05, 0.1) is 55.8 Å². The molecule has 0 aromatic heterocycles. The molecule has 0 aromatic rings. The van der Waals surface area contributed by atoms with Crippen molar-refractivity contribution in [1.82, 2.24) is 0 Å². The number of aliphatic hydroxyl groups is 1. The highest BCUT2D eigenvalue weighted by Crippen LogP contribution is 2.09. The zero-order valence-corrected chi connectivity index (χ0v) is 20.7. The monoisotopic (exact) mass is 580 g/mol. The van der Waals surface area contributed by atoms with Crippen molar-refractivity contribution in [3.05, 3.63) is 0 Å². The zero-order valence-electron chi connectivity index (χ0n) is 14.7. The molecule has 3 unspecified atom stereocenters. The van der Waals surface area contributed by atoms with Crippen molar-refractivity contribution in [2.45, 2.75) is 17.6 Å². The summed E-state index contributed by atoms with van der Waals surface area (Å²) in [6.07, 6.45) is 0.799. The normalized spacial score (nSPS) is 17.2. The molecule has 3 atom stereocenters. The second kappa shape index (κ2) is 43.0. The van der Waals surface area contributed by atoms with E-state index >= 15 is 0 Å². The minimum absolute atomic E-state index is 0. The molecule has 0 radical (unpaired) electrons. The van der Waals surface area contributed by atoms with Crippen molar-refractivity contribution < 1.29 is 66.0 Å². The molecule has 0 bridgehead atoms. The Morgan fingerprint density at radius 2 is 1.25 bits per heavy atom. The summed E-state index contributed by atoms with van der Waals surface area (Å²) in [6, 6.07) is 0.243. The van der Waals surface area contributed by atoms with E-state index in [0.29, 0.717) is 42.3 Å². The quantitative estimate of drug-likeness (QED) is 0.179. The van der Waals surface area contributed by atoms with E-state index in [2.05, 4.69) is 4.74 Å². The van der Waals surface area contributed by atoms with Crippen LogP contribution in [0.25, 0.3) is 0 Å². The third-order valence-corrected chi connectivity index (χ3v) is 3.63. The molecular formula is C12H28Cl8O8-4. The molecule has 28 heavy (non-hydrogen) atoms. The lowest BCUT2D eigenvalue weighted by Gasteiger charge is -1.93. The van der Waals surface area contributed by atoms with Crippen LogP contribution in [0, 0.1) is 0 Å². The summed E-state index contributed by atoms with van der Waals surface area (Å²) in [5.41, 5.74) is 0. The fraction of sp³-hybridized carbons (Fsp3) is 1.00. The molecule has 2 saturated heterocycles. The predicted octanol–water partition coefficient (Wildman–Crippen LogP) is -4.48. The number of hydrogen-bond donors (Lipinski definition) is 1. The second-order valence-corrected chi connectivity index (χ2v) is 6.00. The van der Waals surface area contributed by atoms with Gasteiger partial charge in [-0.1, -0.05) is 11.6 Å². The van der Waals surface area contributed by atoms with Crippen LogP contribution in [0.2, 0.25) is 0 Å². The van der Waals surface area contributed by atoms with Gasteiger partial charge >= 0.3 is 0 Å². The number of halogens is 8. The standard InChI is InChI=1S/2C3H6Cl2O.2C3H5ClO.2ClH.4H2O/c4-1-3(5)2-6;4-1-2-6-3-5;2*4-1-3-2-5-3;;;;;;/h3,6H,1-2H2;1-3H2;2*3H,1-2H2;2*1H;4*1H2/p-4. The summed E-state index contributed by atoms with van der Waals surface area (Å²) in [4.78, 5) is 0. The second-order valence-electron chi connectivity index (χ2n) is 3.86. The number of ether oxygens (including phenoxy) is 3. The van der Waals surface area contributed by atoms with Gasteiger partial charge in [-0.15, -0.1) is 58.0 Å². The number of hydrogen-bond acceptors (Lipinski definition) is 6. The van der Waals surface area contributed by atoms with Gasteiger partial charge in [0.1, 0.15) is 6.07 Å². The van der Waals surface area contributed by atoms with Crippen LogP contribution in [0.1, 0.15) is 0 Å². The number of epoxide rings is 2. The first kappa shape index (κ1) is 52.1.